The Labute approximate surface area is 141 Å². The first-order valence-corrected chi connectivity index (χ1v) is 8.16. The molecule has 0 saturated carbocycles. The average Bonchev–Trinajstić information content (AvgIpc) is 3.00. The molecule has 2 N–H and O–H groups in total. The first kappa shape index (κ1) is 14.9. The average molecular weight is 320 g/mol. The molecule has 5 heteroatoms. The van der Waals surface area contributed by atoms with Gasteiger partial charge in [0.2, 0.25) is 0 Å². The Hall–Kier alpha value is -2.66. The van der Waals surface area contributed by atoms with Gasteiger partial charge < -0.3 is 10.2 Å². The van der Waals surface area contributed by atoms with Crippen molar-refractivity contribution < 1.29 is 4.42 Å². The van der Waals surface area contributed by atoms with E-state index in [-0.39, 0.29) is 0 Å². The fourth-order valence-corrected chi connectivity index (χ4v) is 3.07. The Balaban J connectivity index is 1.52. The monoisotopic (exact) mass is 320 g/mol. The van der Waals surface area contributed by atoms with Gasteiger partial charge in [0.1, 0.15) is 11.5 Å². The molecule has 0 saturated heterocycles. The van der Waals surface area contributed by atoms with E-state index in [9.17, 15) is 0 Å². The minimum Gasteiger partial charge on any atom is -0.465 e. The second-order valence-corrected chi connectivity index (χ2v) is 6.26. The maximum absolute atomic E-state index is 5.74. The molecule has 2 aromatic heterocycles. The fourth-order valence-electron chi connectivity index (χ4n) is 3.07. The predicted octanol–water partition coefficient (Wildman–Crippen LogP) is 3.19. The van der Waals surface area contributed by atoms with Gasteiger partial charge in [0.15, 0.2) is 5.82 Å². The van der Waals surface area contributed by atoms with Crippen molar-refractivity contribution in [1.29, 1.82) is 0 Å². The van der Waals surface area contributed by atoms with Crippen molar-refractivity contribution in [2.75, 3.05) is 12.3 Å². The Morgan fingerprint density at radius 2 is 2.00 bits per heavy atom. The van der Waals surface area contributed by atoms with Gasteiger partial charge >= 0.3 is 0 Å². The molecule has 3 aromatic rings. The minimum atomic E-state index is 0.750. The van der Waals surface area contributed by atoms with Crippen LogP contribution in [0, 0.1) is 6.92 Å². The van der Waals surface area contributed by atoms with E-state index in [0.717, 1.165) is 60.3 Å². The molecule has 1 aliphatic heterocycles. The first-order chi connectivity index (χ1) is 11.7. The number of rotatable bonds is 3. The van der Waals surface area contributed by atoms with Crippen LogP contribution in [0.1, 0.15) is 22.8 Å². The number of nitrogen functional groups attached to an aromatic ring is 1. The van der Waals surface area contributed by atoms with Gasteiger partial charge in [0, 0.05) is 42.5 Å². The molecule has 1 aliphatic rings. The largest absolute Gasteiger partial charge is 0.465 e. The summed E-state index contributed by atoms with van der Waals surface area (Å²) in [6.07, 6.45) is 2.88. The normalized spacial score (nSPS) is 14.5. The standard InChI is InChI=1S/C19H20N4O/c1-13-2-7-17(24-13)12-23-9-8-18-15(11-23)10-21-19(22-18)14-3-5-16(20)6-4-14/h2-7,10H,8-9,11-12,20H2,1H3. The van der Waals surface area contributed by atoms with Crippen LogP contribution in [-0.4, -0.2) is 21.4 Å². The molecule has 5 nitrogen and oxygen atoms in total. The van der Waals surface area contributed by atoms with Gasteiger partial charge in [-0.3, -0.25) is 4.90 Å². The summed E-state index contributed by atoms with van der Waals surface area (Å²) >= 11 is 0. The van der Waals surface area contributed by atoms with E-state index in [1.807, 2.05) is 49.5 Å². The minimum absolute atomic E-state index is 0.750. The number of aromatic nitrogens is 2. The summed E-state index contributed by atoms with van der Waals surface area (Å²) in [5.41, 5.74) is 9.83. The van der Waals surface area contributed by atoms with E-state index >= 15 is 0 Å². The number of furan rings is 1. The number of hydrogen-bond acceptors (Lipinski definition) is 5. The summed E-state index contributed by atoms with van der Waals surface area (Å²) in [4.78, 5) is 11.7. The molecule has 0 bridgehead atoms. The van der Waals surface area contributed by atoms with Crippen LogP contribution in [0.15, 0.2) is 47.0 Å². The number of nitrogens with zero attached hydrogens (tertiary/aromatic N) is 3. The third-order valence-electron chi connectivity index (χ3n) is 4.36. The van der Waals surface area contributed by atoms with Crippen molar-refractivity contribution >= 4 is 5.69 Å². The molecule has 0 amide bonds. The summed E-state index contributed by atoms with van der Waals surface area (Å²) in [6.45, 7) is 4.64. The van der Waals surface area contributed by atoms with Crippen LogP contribution in [-0.2, 0) is 19.5 Å². The zero-order chi connectivity index (χ0) is 16.5. The summed E-state index contributed by atoms with van der Waals surface area (Å²) in [7, 11) is 0. The van der Waals surface area contributed by atoms with Crippen LogP contribution < -0.4 is 5.73 Å². The molecule has 1 aromatic carbocycles. The molecule has 24 heavy (non-hydrogen) atoms. The molecule has 0 radical (unpaired) electrons. The topological polar surface area (TPSA) is 68.2 Å². The van der Waals surface area contributed by atoms with E-state index in [1.165, 1.54) is 5.56 Å². The van der Waals surface area contributed by atoms with Gasteiger partial charge in [-0.05, 0) is 43.3 Å². The maximum Gasteiger partial charge on any atom is 0.159 e. The Bertz CT molecular complexity index is 854. The second-order valence-electron chi connectivity index (χ2n) is 6.26. The van der Waals surface area contributed by atoms with Gasteiger partial charge in [-0.25, -0.2) is 9.97 Å². The number of fused-ring (bicyclic) bond motifs is 1. The highest BCUT2D eigenvalue weighted by Crippen LogP contribution is 2.23. The maximum atomic E-state index is 5.74. The van der Waals surface area contributed by atoms with Crippen LogP contribution in [0.4, 0.5) is 5.69 Å². The zero-order valence-corrected chi connectivity index (χ0v) is 13.7. The van der Waals surface area contributed by atoms with E-state index in [1.54, 1.807) is 0 Å². The number of hydrogen-bond donors (Lipinski definition) is 1. The van der Waals surface area contributed by atoms with Crippen LogP contribution in [0.3, 0.4) is 0 Å². The lowest BCUT2D eigenvalue weighted by molar-refractivity contribution is 0.222. The van der Waals surface area contributed by atoms with E-state index < -0.39 is 0 Å². The molecule has 0 atom stereocenters. The summed E-state index contributed by atoms with van der Waals surface area (Å²) in [5, 5.41) is 0. The van der Waals surface area contributed by atoms with Crippen molar-refractivity contribution in [2.24, 2.45) is 0 Å². The van der Waals surface area contributed by atoms with Crippen LogP contribution >= 0.6 is 0 Å². The molecular weight excluding hydrogens is 300 g/mol. The summed E-state index contributed by atoms with van der Waals surface area (Å²) in [6, 6.07) is 11.7. The molecule has 0 fully saturated rings. The van der Waals surface area contributed by atoms with Gasteiger partial charge in [-0.1, -0.05) is 0 Å². The fraction of sp³-hybridized carbons (Fsp3) is 0.263. The second kappa shape index (κ2) is 6.09. The molecule has 0 unspecified atom stereocenters. The third-order valence-corrected chi connectivity index (χ3v) is 4.36. The molecule has 3 heterocycles. The lowest BCUT2D eigenvalue weighted by atomic mass is 10.1. The Kier molecular flexibility index (Phi) is 3.78. The SMILES string of the molecule is Cc1ccc(CN2CCc3nc(-c4ccc(N)cc4)ncc3C2)o1. The van der Waals surface area contributed by atoms with Gasteiger partial charge in [-0.2, -0.15) is 0 Å². The van der Waals surface area contributed by atoms with Gasteiger partial charge in [0.25, 0.3) is 0 Å². The molecule has 0 aliphatic carbocycles. The van der Waals surface area contributed by atoms with Crippen molar-refractivity contribution in [3.63, 3.8) is 0 Å². The zero-order valence-electron chi connectivity index (χ0n) is 13.7. The van der Waals surface area contributed by atoms with Gasteiger partial charge in [0.05, 0.1) is 12.2 Å². The quantitative estimate of drug-likeness (QED) is 0.751. The lowest BCUT2D eigenvalue weighted by Crippen LogP contribution is -2.30. The highest BCUT2D eigenvalue weighted by atomic mass is 16.3. The molecule has 122 valence electrons. The van der Waals surface area contributed by atoms with Crippen molar-refractivity contribution in [1.82, 2.24) is 14.9 Å². The highest BCUT2D eigenvalue weighted by molar-refractivity contribution is 5.58. The number of benzene rings is 1. The first-order valence-electron chi connectivity index (χ1n) is 8.16. The molecule has 4 rings (SSSR count). The Morgan fingerprint density at radius 3 is 2.75 bits per heavy atom. The molecular formula is C19H20N4O. The number of aryl methyl sites for hydroxylation is 1. The Morgan fingerprint density at radius 1 is 1.17 bits per heavy atom. The summed E-state index contributed by atoms with van der Waals surface area (Å²) in [5.74, 6) is 2.73. The van der Waals surface area contributed by atoms with Crippen molar-refractivity contribution in [3.8, 4) is 11.4 Å². The van der Waals surface area contributed by atoms with E-state index in [0.29, 0.717) is 0 Å². The van der Waals surface area contributed by atoms with Crippen molar-refractivity contribution in [2.45, 2.75) is 26.4 Å². The van der Waals surface area contributed by atoms with E-state index in [2.05, 4.69) is 9.88 Å². The van der Waals surface area contributed by atoms with Crippen LogP contribution in [0.25, 0.3) is 11.4 Å². The number of anilines is 1. The smallest absolute Gasteiger partial charge is 0.159 e. The number of nitrogens with two attached hydrogens (primary N) is 1. The highest BCUT2D eigenvalue weighted by Gasteiger charge is 2.19. The summed E-state index contributed by atoms with van der Waals surface area (Å²) < 4.78 is 5.68. The predicted molar refractivity (Wildman–Crippen MR) is 93.1 cm³/mol. The third kappa shape index (κ3) is 3.03. The molecule has 0 spiro atoms. The lowest BCUT2D eigenvalue weighted by Gasteiger charge is -2.27. The van der Waals surface area contributed by atoms with Gasteiger partial charge in [-0.15, -0.1) is 0 Å². The van der Waals surface area contributed by atoms with Crippen molar-refractivity contribution in [3.05, 3.63) is 65.4 Å². The van der Waals surface area contributed by atoms with Crippen LogP contribution in [0.5, 0.6) is 0 Å². The van der Waals surface area contributed by atoms with Crippen LogP contribution in [0.2, 0.25) is 0 Å². The van der Waals surface area contributed by atoms with E-state index in [4.69, 9.17) is 15.1 Å².